The first-order chi connectivity index (χ1) is 9.28. The van der Waals surface area contributed by atoms with Crippen LogP contribution < -0.4 is 0 Å². The summed E-state index contributed by atoms with van der Waals surface area (Å²) in [5.41, 5.74) is 0.541. The molecule has 1 N–H and O–H groups in total. The average Bonchev–Trinajstić information content (AvgIpc) is 2.70. The SMILES string of the molecule is Cn1nc(C(=O)O)cc1-c1ccccc1CC(F)(F)F. The van der Waals surface area contributed by atoms with Crippen LogP contribution in [0.1, 0.15) is 16.1 Å². The van der Waals surface area contributed by atoms with Crippen molar-refractivity contribution >= 4 is 5.97 Å². The third kappa shape index (κ3) is 2.98. The van der Waals surface area contributed by atoms with Crippen LogP contribution in [0, 0.1) is 0 Å². The number of hydrogen-bond acceptors (Lipinski definition) is 2. The standard InChI is InChI=1S/C13H11F3N2O2/c1-18-11(6-10(17-18)12(19)20)9-5-3-2-4-8(9)7-13(14,15)16/h2-6H,7H2,1H3,(H,19,20). The van der Waals surface area contributed by atoms with Crippen molar-refractivity contribution in [3.63, 3.8) is 0 Å². The highest BCUT2D eigenvalue weighted by Gasteiger charge is 2.29. The largest absolute Gasteiger partial charge is 0.476 e. The van der Waals surface area contributed by atoms with Crippen LogP contribution in [0.3, 0.4) is 0 Å². The number of rotatable bonds is 3. The van der Waals surface area contributed by atoms with Crippen molar-refractivity contribution in [3.8, 4) is 11.3 Å². The molecule has 1 aromatic heterocycles. The molecule has 7 heteroatoms. The number of aryl methyl sites for hydroxylation is 1. The van der Waals surface area contributed by atoms with Gasteiger partial charge in [-0.3, -0.25) is 4.68 Å². The minimum atomic E-state index is -4.33. The van der Waals surface area contributed by atoms with E-state index >= 15 is 0 Å². The molecule has 106 valence electrons. The number of alkyl halides is 3. The number of benzene rings is 1. The van der Waals surface area contributed by atoms with Crippen molar-refractivity contribution < 1.29 is 23.1 Å². The van der Waals surface area contributed by atoms with Crippen LogP contribution in [0.25, 0.3) is 11.3 Å². The Kier molecular flexibility index (Phi) is 3.52. The molecule has 2 rings (SSSR count). The Hall–Kier alpha value is -2.31. The Bertz CT molecular complexity index is 647. The van der Waals surface area contributed by atoms with Crippen molar-refractivity contribution in [1.82, 2.24) is 9.78 Å². The number of hydrogen-bond donors (Lipinski definition) is 1. The summed E-state index contributed by atoms with van der Waals surface area (Å²) in [5.74, 6) is -1.22. The Morgan fingerprint density at radius 2 is 2.00 bits per heavy atom. The van der Waals surface area contributed by atoms with Gasteiger partial charge in [0, 0.05) is 12.6 Å². The van der Waals surface area contributed by atoms with Crippen LogP contribution in [0.2, 0.25) is 0 Å². The molecule has 20 heavy (non-hydrogen) atoms. The van der Waals surface area contributed by atoms with Crippen LogP contribution in [-0.4, -0.2) is 27.0 Å². The zero-order valence-corrected chi connectivity index (χ0v) is 10.5. The fraction of sp³-hybridized carbons (Fsp3) is 0.231. The average molecular weight is 284 g/mol. The maximum Gasteiger partial charge on any atom is 0.393 e. The van der Waals surface area contributed by atoms with Crippen molar-refractivity contribution in [2.45, 2.75) is 12.6 Å². The van der Waals surface area contributed by atoms with Gasteiger partial charge in [0.2, 0.25) is 0 Å². The van der Waals surface area contributed by atoms with E-state index in [0.29, 0.717) is 11.3 Å². The first-order valence-corrected chi connectivity index (χ1v) is 5.70. The van der Waals surface area contributed by atoms with Gasteiger partial charge in [0.1, 0.15) is 0 Å². The smallest absolute Gasteiger partial charge is 0.393 e. The quantitative estimate of drug-likeness (QED) is 0.942. The lowest BCUT2D eigenvalue weighted by Crippen LogP contribution is -2.12. The van der Waals surface area contributed by atoms with E-state index in [2.05, 4.69) is 5.10 Å². The molecule has 4 nitrogen and oxygen atoms in total. The second-order valence-electron chi connectivity index (χ2n) is 4.29. The maximum atomic E-state index is 12.6. The monoisotopic (exact) mass is 284 g/mol. The van der Waals surface area contributed by atoms with E-state index in [1.807, 2.05) is 0 Å². The predicted molar refractivity (Wildman–Crippen MR) is 65.4 cm³/mol. The van der Waals surface area contributed by atoms with Crippen LogP contribution in [0.5, 0.6) is 0 Å². The second kappa shape index (κ2) is 4.99. The highest BCUT2D eigenvalue weighted by atomic mass is 19.4. The molecule has 0 fully saturated rings. The number of halogens is 3. The van der Waals surface area contributed by atoms with E-state index in [1.165, 1.54) is 36.0 Å². The van der Waals surface area contributed by atoms with Gasteiger partial charge in [-0.05, 0) is 11.6 Å². The van der Waals surface area contributed by atoms with Gasteiger partial charge in [0.15, 0.2) is 5.69 Å². The lowest BCUT2D eigenvalue weighted by atomic mass is 10.0. The second-order valence-corrected chi connectivity index (χ2v) is 4.29. The van der Waals surface area contributed by atoms with Gasteiger partial charge in [-0.15, -0.1) is 0 Å². The van der Waals surface area contributed by atoms with Gasteiger partial charge in [-0.1, -0.05) is 24.3 Å². The van der Waals surface area contributed by atoms with E-state index in [0.717, 1.165) is 0 Å². The summed E-state index contributed by atoms with van der Waals surface area (Å²) >= 11 is 0. The van der Waals surface area contributed by atoms with Crippen molar-refractivity contribution in [2.75, 3.05) is 0 Å². The Morgan fingerprint density at radius 1 is 1.35 bits per heavy atom. The van der Waals surface area contributed by atoms with Gasteiger partial charge in [-0.25, -0.2) is 4.79 Å². The molecule has 0 saturated heterocycles. The molecule has 0 atom stereocenters. The molecule has 1 aromatic carbocycles. The normalized spacial score (nSPS) is 11.6. The summed E-state index contributed by atoms with van der Waals surface area (Å²) in [6.45, 7) is 0. The molecular formula is C13H11F3N2O2. The van der Waals surface area contributed by atoms with E-state index in [9.17, 15) is 18.0 Å². The molecule has 2 aromatic rings. The van der Waals surface area contributed by atoms with Crippen LogP contribution in [-0.2, 0) is 13.5 Å². The Labute approximate surface area is 112 Å². The highest BCUT2D eigenvalue weighted by molar-refractivity contribution is 5.87. The molecule has 0 bridgehead atoms. The fourth-order valence-electron chi connectivity index (χ4n) is 1.96. The number of carboxylic acid groups (broad SMARTS) is 1. The number of carbonyl (C=O) groups is 1. The lowest BCUT2D eigenvalue weighted by molar-refractivity contribution is -0.127. The molecule has 0 spiro atoms. The topological polar surface area (TPSA) is 55.1 Å². The Morgan fingerprint density at radius 3 is 2.55 bits per heavy atom. The Balaban J connectivity index is 2.50. The predicted octanol–water partition coefficient (Wildman–Crippen LogP) is 2.89. The van der Waals surface area contributed by atoms with E-state index in [-0.39, 0.29) is 11.3 Å². The molecule has 0 saturated carbocycles. The molecule has 0 radical (unpaired) electrons. The van der Waals surface area contributed by atoms with E-state index < -0.39 is 18.6 Å². The molecular weight excluding hydrogens is 273 g/mol. The summed E-state index contributed by atoms with van der Waals surface area (Å²) in [5, 5.41) is 12.6. The molecule has 0 aliphatic carbocycles. The fourth-order valence-corrected chi connectivity index (χ4v) is 1.96. The number of nitrogens with zero attached hydrogens (tertiary/aromatic N) is 2. The highest BCUT2D eigenvalue weighted by Crippen LogP contribution is 2.29. The summed E-state index contributed by atoms with van der Waals surface area (Å²) in [4.78, 5) is 10.9. The van der Waals surface area contributed by atoms with E-state index in [4.69, 9.17) is 5.11 Å². The van der Waals surface area contributed by atoms with Crippen LogP contribution in [0.4, 0.5) is 13.2 Å². The van der Waals surface area contributed by atoms with Crippen molar-refractivity contribution in [1.29, 1.82) is 0 Å². The third-order valence-corrected chi connectivity index (χ3v) is 2.78. The van der Waals surface area contributed by atoms with Crippen LogP contribution in [0.15, 0.2) is 30.3 Å². The number of carboxylic acids is 1. The zero-order valence-electron chi connectivity index (χ0n) is 10.5. The van der Waals surface area contributed by atoms with Gasteiger partial charge in [0.25, 0.3) is 0 Å². The summed E-state index contributed by atoms with van der Waals surface area (Å²) in [7, 11) is 1.49. The van der Waals surface area contributed by atoms with Crippen molar-refractivity contribution in [3.05, 3.63) is 41.6 Å². The van der Waals surface area contributed by atoms with Crippen molar-refractivity contribution in [2.24, 2.45) is 7.05 Å². The number of aromatic carboxylic acids is 1. The molecule has 0 aliphatic heterocycles. The maximum absolute atomic E-state index is 12.6. The minimum Gasteiger partial charge on any atom is -0.476 e. The summed E-state index contributed by atoms with van der Waals surface area (Å²) < 4.78 is 38.9. The molecule has 1 heterocycles. The van der Waals surface area contributed by atoms with Gasteiger partial charge in [0.05, 0.1) is 12.1 Å². The van der Waals surface area contributed by atoms with Gasteiger partial charge >= 0.3 is 12.1 Å². The zero-order chi connectivity index (χ0) is 14.9. The first-order valence-electron chi connectivity index (χ1n) is 5.70. The van der Waals surface area contributed by atoms with Gasteiger partial charge in [-0.2, -0.15) is 18.3 Å². The first kappa shape index (κ1) is 14.1. The molecule has 0 aliphatic rings. The summed E-state index contributed by atoms with van der Waals surface area (Å²) in [6, 6.07) is 7.26. The summed E-state index contributed by atoms with van der Waals surface area (Å²) in [6.07, 6.45) is -5.40. The van der Waals surface area contributed by atoms with Crippen LogP contribution >= 0.6 is 0 Å². The van der Waals surface area contributed by atoms with E-state index in [1.54, 1.807) is 6.07 Å². The van der Waals surface area contributed by atoms with Gasteiger partial charge < -0.3 is 5.11 Å². The third-order valence-electron chi connectivity index (χ3n) is 2.78. The molecule has 0 unspecified atom stereocenters. The lowest BCUT2D eigenvalue weighted by Gasteiger charge is -2.11. The minimum absolute atomic E-state index is 0.0833. The molecule has 0 amide bonds. The number of aromatic nitrogens is 2.